The average molecular weight is 914 g/mol. The summed E-state index contributed by atoms with van der Waals surface area (Å²) in [6, 6.07) is 13.7. The molecule has 0 fully saturated rings. The van der Waals surface area contributed by atoms with Crippen LogP contribution in [0.3, 0.4) is 0 Å². The molecule has 2 nitrogen and oxygen atoms in total. The first kappa shape index (κ1) is 46.1. The van der Waals surface area contributed by atoms with Crippen molar-refractivity contribution < 1.29 is 97.1 Å². The molecule has 6 rings (SSSR count). The minimum absolute atomic E-state index is 0.735. The molecule has 0 unspecified atom stereocenters. The van der Waals surface area contributed by atoms with Gasteiger partial charge in [0.2, 0.25) is 0 Å². The Bertz CT molecular complexity index is 2350. The lowest BCUT2D eigenvalue weighted by molar-refractivity contribution is -0.686. The third-order valence-electron chi connectivity index (χ3n) is 9.10. The highest BCUT2D eigenvalue weighted by molar-refractivity contribution is 7.20. The molecule has 0 aliphatic rings. The zero-order valence-corrected chi connectivity index (χ0v) is 30.0. The van der Waals surface area contributed by atoms with Gasteiger partial charge in [-0.25, -0.2) is 87.8 Å². The highest BCUT2D eigenvalue weighted by Crippen LogP contribution is 2.31. The van der Waals surface area contributed by atoms with Crippen molar-refractivity contribution in [2.75, 3.05) is 7.11 Å². The molecule has 0 N–H and O–H groups in total. The molecule has 0 aliphatic heterocycles. The summed E-state index contributed by atoms with van der Waals surface area (Å²) < 4.78 is 301. The van der Waals surface area contributed by atoms with E-state index in [1.165, 1.54) is 5.56 Å². The Kier molecular flexibility index (Phi) is 13.0. The lowest BCUT2D eigenvalue weighted by atomic mass is 9.12. The molecule has 6 aromatic rings. The number of halogens is 21. The van der Waals surface area contributed by atoms with Crippen LogP contribution in [0, 0.1) is 116 Å². The van der Waals surface area contributed by atoms with Gasteiger partial charge in [-0.2, -0.15) is 4.57 Å². The number of hydrogen-bond donors (Lipinski definition) is 0. The summed E-state index contributed by atoms with van der Waals surface area (Å²) in [5.74, 6) is -70.5. The number of pyridine rings is 1. The number of aromatic nitrogens is 1. The molecular weight excluding hydrogens is 901 g/mol. The van der Waals surface area contributed by atoms with Crippen molar-refractivity contribution in [3.63, 3.8) is 0 Å². The van der Waals surface area contributed by atoms with Gasteiger partial charge in [0.1, 0.15) is 58.4 Å². The molecule has 0 amide bonds. The van der Waals surface area contributed by atoms with E-state index in [0.717, 1.165) is 17.4 Å². The van der Waals surface area contributed by atoms with Gasteiger partial charge in [0.15, 0.2) is 82.5 Å². The zero-order valence-electron chi connectivity index (χ0n) is 29.2. The SMILES string of the molecule is COc1ccc(C[n+]2ccccc2Cl)cc1.Fc1c(F)c(F)c([B-](c2c(F)c(F)c(F)c(F)c2F)(c2c(F)c(F)c(F)c(F)c2F)c2c(F)c(F)c(F)c(F)c2F)c(F)c1F. The Balaban J connectivity index is 0.000000366. The third kappa shape index (κ3) is 7.35. The summed E-state index contributed by atoms with van der Waals surface area (Å²) in [6.07, 6.45) is -5.25. The van der Waals surface area contributed by atoms with Gasteiger partial charge in [-0.15, -0.1) is 21.9 Å². The Labute approximate surface area is 331 Å². The van der Waals surface area contributed by atoms with Crippen molar-refractivity contribution in [1.29, 1.82) is 0 Å². The van der Waals surface area contributed by atoms with E-state index in [4.69, 9.17) is 16.3 Å². The fraction of sp³-hybridized carbons (Fsp3) is 0.0541. The third-order valence-corrected chi connectivity index (χ3v) is 9.45. The number of rotatable bonds is 7. The summed E-state index contributed by atoms with van der Waals surface area (Å²) in [4.78, 5) is 0. The maximum absolute atomic E-state index is 15.4. The first-order chi connectivity index (χ1) is 28.5. The lowest BCUT2D eigenvalue weighted by Gasteiger charge is -2.44. The number of methoxy groups -OCH3 is 1. The first-order valence-corrected chi connectivity index (χ1v) is 16.4. The maximum atomic E-state index is 15.4. The molecule has 24 heteroatoms. The number of ether oxygens (including phenoxy) is 1. The molecule has 0 bridgehead atoms. The van der Waals surface area contributed by atoms with Crippen molar-refractivity contribution >= 4 is 39.6 Å². The van der Waals surface area contributed by atoms with Gasteiger partial charge in [0.25, 0.3) is 5.15 Å². The second-order valence-electron chi connectivity index (χ2n) is 12.3. The van der Waals surface area contributed by atoms with Crippen molar-refractivity contribution in [3.8, 4) is 5.75 Å². The van der Waals surface area contributed by atoms with E-state index >= 15 is 35.1 Å². The van der Waals surface area contributed by atoms with Crippen LogP contribution in [0.5, 0.6) is 5.75 Å². The van der Waals surface area contributed by atoms with E-state index in [-0.39, 0.29) is 0 Å². The molecule has 0 spiro atoms. The maximum Gasteiger partial charge on any atom is 0.275 e. The van der Waals surface area contributed by atoms with Crippen LogP contribution in [-0.2, 0) is 6.54 Å². The predicted octanol–water partition coefficient (Wildman–Crippen LogP) is 8.53. The Morgan fingerprint density at radius 2 is 0.656 bits per heavy atom. The van der Waals surface area contributed by atoms with E-state index in [9.17, 15) is 52.7 Å². The van der Waals surface area contributed by atoms with Gasteiger partial charge in [0, 0.05) is 17.7 Å². The summed E-state index contributed by atoms with van der Waals surface area (Å²) in [7, 11) is 1.66. The highest BCUT2D eigenvalue weighted by atomic mass is 35.5. The second-order valence-corrected chi connectivity index (χ2v) is 12.7. The summed E-state index contributed by atoms with van der Waals surface area (Å²) >= 11 is 6.07. The molecular formula is C37H13BClF20NO. The van der Waals surface area contributed by atoms with Crippen LogP contribution >= 0.6 is 11.6 Å². The van der Waals surface area contributed by atoms with E-state index in [0.29, 0.717) is 0 Å². The Morgan fingerprint density at radius 3 is 0.902 bits per heavy atom. The van der Waals surface area contributed by atoms with E-state index in [1.54, 1.807) is 7.11 Å². The van der Waals surface area contributed by atoms with Crippen molar-refractivity contribution in [1.82, 2.24) is 0 Å². The molecule has 0 saturated carbocycles. The van der Waals surface area contributed by atoms with Crippen LogP contribution in [0.2, 0.25) is 5.15 Å². The number of hydrogen-bond acceptors (Lipinski definition) is 1. The topological polar surface area (TPSA) is 13.1 Å². The van der Waals surface area contributed by atoms with Gasteiger partial charge >= 0.3 is 0 Å². The summed E-state index contributed by atoms with van der Waals surface area (Å²) in [5, 5.41) is 0.735. The predicted molar refractivity (Wildman–Crippen MR) is 173 cm³/mol. The van der Waals surface area contributed by atoms with E-state index in [2.05, 4.69) is 0 Å². The highest BCUT2D eigenvalue weighted by Gasteiger charge is 2.52. The molecule has 1 heterocycles. The molecule has 0 saturated heterocycles. The smallest absolute Gasteiger partial charge is 0.275 e. The largest absolute Gasteiger partial charge is 0.497 e. The molecule has 1 aromatic heterocycles. The van der Waals surface area contributed by atoms with Crippen molar-refractivity contribution in [3.05, 3.63) is 176 Å². The molecule has 0 atom stereocenters. The molecule has 0 radical (unpaired) electrons. The molecule has 5 aromatic carbocycles. The molecule has 0 aliphatic carbocycles. The van der Waals surface area contributed by atoms with E-state index in [1.807, 2.05) is 53.2 Å². The van der Waals surface area contributed by atoms with Gasteiger partial charge in [0.05, 0.1) is 7.11 Å². The quantitative estimate of drug-likeness (QED) is 0.0392. The zero-order chi connectivity index (χ0) is 45.7. The van der Waals surface area contributed by atoms with Crippen LogP contribution < -0.4 is 31.2 Å². The standard InChI is InChI=1S/C24BF20.C13H13ClNO/c26-5-1(6(27)14(35)21(42)13(5)34)25(2-7(28)15(36)22(43)16(37)8(2)29,3-9(30)17(38)23(44)18(39)10(3)31)4-11(32)19(40)24(45)20(41)12(4)33;1-16-12-7-5-11(6-8-12)10-15-9-3-2-4-13(15)14/h;2-9H,10H2,1H3/q-1;+1. The summed E-state index contributed by atoms with van der Waals surface area (Å²) in [5.41, 5.74) is -13.1. The van der Waals surface area contributed by atoms with Crippen LogP contribution in [-0.4, -0.2) is 13.3 Å². The number of benzene rings is 5. The van der Waals surface area contributed by atoms with Crippen molar-refractivity contribution in [2.24, 2.45) is 0 Å². The monoisotopic (exact) mass is 913 g/mol. The van der Waals surface area contributed by atoms with Gasteiger partial charge < -0.3 is 4.74 Å². The van der Waals surface area contributed by atoms with Crippen molar-refractivity contribution in [2.45, 2.75) is 6.54 Å². The minimum atomic E-state index is -7.22. The van der Waals surface area contributed by atoms with Crippen LogP contribution in [0.25, 0.3) is 0 Å². The average Bonchev–Trinajstić information content (AvgIpc) is 3.24. The van der Waals surface area contributed by atoms with Gasteiger partial charge in [-0.05, 0) is 41.9 Å². The van der Waals surface area contributed by atoms with Gasteiger partial charge in [-0.3, -0.25) is 0 Å². The van der Waals surface area contributed by atoms with Crippen LogP contribution in [0.15, 0.2) is 48.7 Å². The van der Waals surface area contributed by atoms with E-state index < -0.39 is 144 Å². The summed E-state index contributed by atoms with van der Waals surface area (Å²) in [6.45, 7) is 0.768. The second kappa shape index (κ2) is 17.2. The number of nitrogens with zero attached hydrogens (tertiary/aromatic N) is 1. The Morgan fingerprint density at radius 1 is 0.393 bits per heavy atom. The normalized spacial score (nSPS) is 11.5. The van der Waals surface area contributed by atoms with Crippen LogP contribution in [0.1, 0.15) is 5.56 Å². The fourth-order valence-electron chi connectivity index (χ4n) is 6.39. The molecule has 322 valence electrons. The first-order valence-electron chi connectivity index (χ1n) is 16.0. The minimum Gasteiger partial charge on any atom is -0.497 e. The molecule has 61 heavy (non-hydrogen) atoms. The Hall–Kier alpha value is -6.00. The fourth-order valence-corrected chi connectivity index (χ4v) is 6.57. The lowest BCUT2D eigenvalue weighted by Crippen LogP contribution is -2.81. The van der Waals surface area contributed by atoms with Crippen LogP contribution in [0.4, 0.5) is 87.8 Å². The van der Waals surface area contributed by atoms with Gasteiger partial charge in [-0.1, -0.05) is 0 Å².